The van der Waals surface area contributed by atoms with Gasteiger partial charge in [-0.3, -0.25) is 38.8 Å². The van der Waals surface area contributed by atoms with Crippen LogP contribution in [0.25, 0.3) is 0 Å². The Balaban J connectivity index is 0.000000360. The molecule has 200 valence electrons. The highest BCUT2D eigenvalue weighted by molar-refractivity contribution is 6.36. The van der Waals surface area contributed by atoms with Crippen molar-refractivity contribution < 1.29 is 48.9 Å². The third-order valence-electron chi connectivity index (χ3n) is 5.53. The molecule has 0 unspecified atom stereocenters. The summed E-state index contributed by atoms with van der Waals surface area (Å²) in [4.78, 5) is 83.2. The number of barbiturate groups is 2. The summed E-state index contributed by atoms with van der Waals surface area (Å²) in [6.45, 7) is 2.64. The SMILES string of the molecule is CO/N=C(\C)C1(NO)C(=O)N(C)C(=O)N(C)C1=O.CO/N=C(\C)C1(NO)C(=O)N(C)C(=O)N(C)C1=O. The predicted molar refractivity (Wildman–Crippen MR) is 117 cm³/mol. The Morgan fingerprint density at radius 3 is 1.03 bits per heavy atom. The van der Waals surface area contributed by atoms with Gasteiger partial charge in [0.05, 0.1) is 11.4 Å². The summed E-state index contributed by atoms with van der Waals surface area (Å²) in [5.41, 5.74) is -1.25. The molecular weight excluding hydrogens is 488 g/mol. The van der Waals surface area contributed by atoms with Crippen molar-refractivity contribution in [3.8, 4) is 0 Å². The minimum absolute atomic E-state index is 0.117. The molecule has 2 saturated heterocycles. The van der Waals surface area contributed by atoms with Gasteiger partial charge in [0.1, 0.15) is 14.2 Å². The molecule has 0 radical (unpaired) electrons. The van der Waals surface area contributed by atoms with E-state index in [0.29, 0.717) is 19.6 Å². The number of hydrogen-bond acceptors (Lipinski definition) is 14. The number of hydrogen-bond donors (Lipinski definition) is 4. The summed E-state index contributed by atoms with van der Waals surface area (Å²) in [6, 6.07) is -1.58. The molecule has 18 heteroatoms. The van der Waals surface area contributed by atoms with Crippen LogP contribution in [0, 0.1) is 0 Å². The molecule has 36 heavy (non-hydrogen) atoms. The molecule has 0 aromatic heterocycles. The molecule has 0 atom stereocenters. The Labute approximate surface area is 204 Å². The van der Waals surface area contributed by atoms with Gasteiger partial charge < -0.3 is 20.1 Å². The number of nitrogens with one attached hydrogen (secondary N) is 2. The van der Waals surface area contributed by atoms with Crippen molar-refractivity contribution in [2.24, 2.45) is 10.3 Å². The van der Waals surface area contributed by atoms with Crippen molar-refractivity contribution in [2.75, 3.05) is 42.4 Å². The van der Waals surface area contributed by atoms with Crippen LogP contribution in [-0.2, 0) is 28.9 Å². The van der Waals surface area contributed by atoms with Crippen LogP contribution in [0.2, 0.25) is 0 Å². The van der Waals surface area contributed by atoms with Crippen LogP contribution in [-0.4, -0.2) is 131 Å². The fourth-order valence-corrected chi connectivity index (χ4v) is 3.37. The first-order valence-corrected chi connectivity index (χ1v) is 9.88. The molecule has 0 aromatic carbocycles. The van der Waals surface area contributed by atoms with Crippen molar-refractivity contribution in [3.05, 3.63) is 0 Å². The van der Waals surface area contributed by atoms with Gasteiger partial charge in [-0.1, -0.05) is 10.3 Å². The molecule has 2 aliphatic rings. The standard InChI is InChI=1S/2C9H14N4O5/c2*1-5(10-18-4)9(11-17)6(14)12(2)8(16)13(3)7(9)15/h2*11,17H,1-4H3/b2*10-5+. The molecule has 0 bridgehead atoms. The average molecular weight is 516 g/mol. The fraction of sp³-hybridized carbons (Fsp3) is 0.556. The van der Waals surface area contributed by atoms with Gasteiger partial charge >= 0.3 is 12.1 Å². The number of amides is 8. The molecule has 0 saturated carbocycles. The maximum absolute atomic E-state index is 12.1. The summed E-state index contributed by atoms with van der Waals surface area (Å²) in [5.74, 6) is -3.74. The van der Waals surface area contributed by atoms with Crippen LogP contribution in [0.15, 0.2) is 10.3 Å². The van der Waals surface area contributed by atoms with Crippen molar-refractivity contribution >= 4 is 47.1 Å². The van der Waals surface area contributed by atoms with Gasteiger partial charge in [0.15, 0.2) is 0 Å². The maximum atomic E-state index is 12.1. The average Bonchev–Trinajstić information content (AvgIpc) is 2.86. The van der Waals surface area contributed by atoms with E-state index < -0.39 is 46.8 Å². The van der Waals surface area contributed by atoms with Gasteiger partial charge in [-0.25, -0.2) is 9.59 Å². The molecule has 4 N–H and O–H groups in total. The van der Waals surface area contributed by atoms with E-state index in [0.717, 1.165) is 0 Å². The van der Waals surface area contributed by atoms with Crippen LogP contribution in [0.3, 0.4) is 0 Å². The second-order valence-corrected chi connectivity index (χ2v) is 7.46. The fourth-order valence-electron chi connectivity index (χ4n) is 3.37. The van der Waals surface area contributed by atoms with Crippen molar-refractivity contribution in [1.29, 1.82) is 0 Å². The van der Waals surface area contributed by atoms with Gasteiger partial charge in [0.25, 0.3) is 23.6 Å². The zero-order chi connectivity index (χ0) is 28.2. The number of hydroxylamine groups is 2. The summed E-state index contributed by atoms with van der Waals surface area (Å²) in [6.07, 6.45) is 0. The summed E-state index contributed by atoms with van der Waals surface area (Å²) >= 11 is 0. The number of likely N-dealkylation sites (N-methyl/N-ethyl adjacent to an activating group) is 4. The van der Waals surface area contributed by atoms with E-state index in [4.69, 9.17) is 0 Å². The quantitative estimate of drug-likeness (QED) is 0.164. The van der Waals surface area contributed by atoms with Crippen LogP contribution in [0.5, 0.6) is 0 Å². The summed E-state index contributed by atoms with van der Waals surface area (Å²) in [5, 5.41) is 25.4. The molecule has 8 amide bonds. The van der Waals surface area contributed by atoms with E-state index in [1.807, 2.05) is 0 Å². The number of rotatable bonds is 6. The van der Waals surface area contributed by atoms with E-state index in [-0.39, 0.29) is 11.4 Å². The third kappa shape index (κ3) is 4.37. The highest BCUT2D eigenvalue weighted by Gasteiger charge is 2.59. The van der Waals surface area contributed by atoms with E-state index in [2.05, 4.69) is 20.0 Å². The van der Waals surface area contributed by atoms with Crippen molar-refractivity contribution in [2.45, 2.75) is 24.9 Å². The highest BCUT2D eigenvalue weighted by Crippen LogP contribution is 2.22. The Hall–Kier alpha value is -4.00. The topological polar surface area (TPSA) is 223 Å². The largest absolute Gasteiger partial charge is 0.399 e. The normalized spacial score (nSPS) is 20.5. The second-order valence-electron chi connectivity index (χ2n) is 7.46. The smallest absolute Gasteiger partial charge is 0.333 e. The van der Waals surface area contributed by atoms with Gasteiger partial charge in [0, 0.05) is 28.2 Å². The molecule has 2 heterocycles. The van der Waals surface area contributed by atoms with Crippen LogP contribution in [0.4, 0.5) is 9.59 Å². The van der Waals surface area contributed by atoms with E-state index in [9.17, 15) is 39.2 Å². The zero-order valence-corrected chi connectivity index (χ0v) is 20.8. The van der Waals surface area contributed by atoms with Crippen molar-refractivity contribution in [3.63, 3.8) is 0 Å². The molecule has 2 fully saturated rings. The lowest BCUT2D eigenvalue weighted by atomic mass is 9.90. The third-order valence-corrected chi connectivity index (χ3v) is 5.53. The number of imide groups is 4. The van der Waals surface area contributed by atoms with Crippen LogP contribution in [0.1, 0.15) is 13.8 Å². The Morgan fingerprint density at radius 2 is 0.861 bits per heavy atom. The minimum atomic E-state index is -2.15. The lowest BCUT2D eigenvalue weighted by Crippen LogP contribution is -2.75. The Morgan fingerprint density at radius 1 is 0.639 bits per heavy atom. The number of oxime groups is 2. The first kappa shape index (κ1) is 30.0. The van der Waals surface area contributed by atoms with E-state index in [1.165, 1.54) is 56.3 Å². The molecule has 0 spiro atoms. The molecular formula is C18H28N8O10. The molecule has 0 aliphatic carbocycles. The van der Waals surface area contributed by atoms with Gasteiger partial charge in [0.2, 0.25) is 11.1 Å². The first-order chi connectivity index (χ1) is 16.7. The number of nitrogens with zero attached hydrogens (tertiary/aromatic N) is 6. The number of carbonyl (C=O) groups is 6. The monoisotopic (exact) mass is 516 g/mol. The zero-order valence-electron chi connectivity index (χ0n) is 20.8. The van der Waals surface area contributed by atoms with Crippen molar-refractivity contribution in [1.82, 2.24) is 30.6 Å². The minimum Gasteiger partial charge on any atom is -0.399 e. The summed E-state index contributed by atoms with van der Waals surface area (Å²) in [7, 11) is 7.23. The number of carbonyl (C=O) groups excluding carboxylic acids is 6. The molecule has 2 rings (SSSR count). The van der Waals surface area contributed by atoms with Gasteiger partial charge in [-0.05, 0) is 13.8 Å². The molecule has 0 aromatic rings. The number of urea groups is 2. The lowest BCUT2D eigenvalue weighted by Gasteiger charge is -2.39. The predicted octanol–water partition coefficient (Wildman–Crippen LogP) is -2.45. The van der Waals surface area contributed by atoms with E-state index >= 15 is 0 Å². The molecule has 18 nitrogen and oxygen atoms in total. The maximum Gasteiger partial charge on any atom is 0.333 e. The van der Waals surface area contributed by atoms with Crippen LogP contribution < -0.4 is 11.0 Å². The molecule has 2 aliphatic heterocycles. The van der Waals surface area contributed by atoms with Gasteiger partial charge in [-0.2, -0.15) is 11.0 Å². The Kier molecular flexibility index (Phi) is 9.31. The second kappa shape index (κ2) is 11.2. The lowest BCUT2D eigenvalue weighted by molar-refractivity contribution is -0.154. The first-order valence-electron chi connectivity index (χ1n) is 9.88. The Bertz CT molecular complexity index is 897. The van der Waals surface area contributed by atoms with Gasteiger partial charge in [-0.15, -0.1) is 0 Å². The van der Waals surface area contributed by atoms with E-state index in [1.54, 1.807) is 11.0 Å². The van der Waals surface area contributed by atoms with Crippen LogP contribution >= 0.6 is 0 Å². The highest BCUT2D eigenvalue weighted by atomic mass is 16.6. The summed E-state index contributed by atoms with van der Waals surface area (Å²) < 4.78 is 0.